The van der Waals surface area contributed by atoms with E-state index in [0.29, 0.717) is 10.8 Å². The molecule has 0 heterocycles. The quantitative estimate of drug-likeness (QED) is 0.357. The number of anilines is 1. The summed E-state index contributed by atoms with van der Waals surface area (Å²) in [6.07, 6.45) is 0. The fraction of sp³-hybridized carbons (Fsp3) is 0.310. The van der Waals surface area contributed by atoms with Crippen LogP contribution in [0.5, 0.6) is 5.75 Å². The number of methoxy groups -OCH3 is 1. The first-order valence-corrected chi connectivity index (χ1v) is 14.3. The molecule has 0 aliphatic carbocycles. The van der Waals surface area contributed by atoms with E-state index < -0.39 is 28.5 Å². The molecule has 1 N–H and O–H groups in total. The Balaban J connectivity index is 2.04. The standard InChI is InChI=1S/C29H34ClN3O5S/c1-20(2)31-29(35)22(4)32(18-23-10-7-6-9-21(23)3)28(34)19-33(25-12-8-11-24(30)17-25)39(36,37)27-15-13-26(38-5)14-16-27/h6-17,20,22H,18-19H2,1-5H3,(H,31,35). The van der Waals surface area contributed by atoms with Crippen molar-refractivity contribution in [2.45, 2.75) is 51.2 Å². The summed E-state index contributed by atoms with van der Waals surface area (Å²) in [7, 11) is -2.71. The fourth-order valence-corrected chi connectivity index (χ4v) is 5.58. The third-order valence-corrected chi connectivity index (χ3v) is 8.25. The van der Waals surface area contributed by atoms with Gasteiger partial charge in [0.15, 0.2) is 0 Å². The van der Waals surface area contributed by atoms with Gasteiger partial charge in [-0.3, -0.25) is 13.9 Å². The largest absolute Gasteiger partial charge is 0.497 e. The summed E-state index contributed by atoms with van der Waals surface area (Å²) in [6, 6.07) is 18.8. The topological polar surface area (TPSA) is 96.0 Å². The highest BCUT2D eigenvalue weighted by Gasteiger charge is 2.33. The Morgan fingerprint density at radius 1 is 0.974 bits per heavy atom. The molecular weight excluding hydrogens is 538 g/mol. The van der Waals surface area contributed by atoms with Crippen LogP contribution in [0.2, 0.25) is 5.02 Å². The maximum absolute atomic E-state index is 13.9. The molecule has 0 spiro atoms. The molecule has 3 rings (SSSR count). The predicted octanol–water partition coefficient (Wildman–Crippen LogP) is 4.79. The lowest BCUT2D eigenvalue weighted by atomic mass is 10.1. The van der Waals surface area contributed by atoms with Crippen molar-refractivity contribution in [3.8, 4) is 5.75 Å². The van der Waals surface area contributed by atoms with E-state index in [1.807, 2.05) is 45.0 Å². The summed E-state index contributed by atoms with van der Waals surface area (Å²) >= 11 is 6.20. The van der Waals surface area contributed by atoms with Crippen molar-refractivity contribution in [1.82, 2.24) is 10.2 Å². The van der Waals surface area contributed by atoms with Crippen molar-refractivity contribution in [2.75, 3.05) is 18.0 Å². The molecule has 8 nitrogen and oxygen atoms in total. The molecule has 0 radical (unpaired) electrons. The summed E-state index contributed by atoms with van der Waals surface area (Å²) in [6.45, 7) is 6.81. The number of carbonyl (C=O) groups excluding carboxylic acids is 2. The minimum atomic E-state index is -4.20. The average molecular weight is 572 g/mol. The van der Waals surface area contributed by atoms with E-state index in [1.165, 1.54) is 42.3 Å². The van der Waals surface area contributed by atoms with Gasteiger partial charge in [0, 0.05) is 17.6 Å². The number of ether oxygens (including phenoxy) is 1. The molecule has 0 bridgehead atoms. The van der Waals surface area contributed by atoms with Gasteiger partial charge >= 0.3 is 0 Å². The van der Waals surface area contributed by atoms with Crippen LogP contribution < -0.4 is 14.4 Å². The highest BCUT2D eigenvalue weighted by atomic mass is 35.5. The van der Waals surface area contributed by atoms with Gasteiger partial charge in [-0.05, 0) is 81.3 Å². The number of hydrogen-bond acceptors (Lipinski definition) is 5. The number of benzene rings is 3. The van der Waals surface area contributed by atoms with Crippen LogP contribution in [0, 0.1) is 6.92 Å². The van der Waals surface area contributed by atoms with Gasteiger partial charge in [0.2, 0.25) is 11.8 Å². The minimum Gasteiger partial charge on any atom is -0.497 e. The van der Waals surface area contributed by atoms with Gasteiger partial charge in [0.25, 0.3) is 10.0 Å². The van der Waals surface area contributed by atoms with Crippen molar-refractivity contribution >= 4 is 39.1 Å². The third-order valence-electron chi connectivity index (χ3n) is 6.22. The number of nitrogens with one attached hydrogen (secondary N) is 1. The van der Waals surface area contributed by atoms with Crippen molar-refractivity contribution in [3.63, 3.8) is 0 Å². The number of nitrogens with zero attached hydrogens (tertiary/aromatic N) is 2. The van der Waals surface area contributed by atoms with Crippen molar-refractivity contribution in [2.24, 2.45) is 0 Å². The van der Waals surface area contributed by atoms with Crippen LogP contribution >= 0.6 is 11.6 Å². The van der Waals surface area contributed by atoms with Crippen LogP contribution in [0.3, 0.4) is 0 Å². The van der Waals surface area contributed by atoms with Gasteiger partial charge in [-0.15, -0.1) is 0 Å². The van der Waals surface area contributed by atoms with E-state index in [4.69, 9.17) is 16.3 Å². The van der Waals surface area contributed by atoms with Gasteiger partial charge in [-0.25, -0.2) is 8.42 Å². The molecule has 1 unspecified atom stereocenters. The Morgan fingerprint density at radius 2 is 1.64 bits per heavy atom. The fourth-order valence-electron chi connectivity index (χ4n) is 3.99. The number of aryl methyl sites for hydroxylation is 1. The Labute approximate surface area is 235 Å². The monoisotopic (exact) mass is 571 g/mol. The van der Waals surface area contributed by atoms with E-state index in [0.717, 1.165) is 15.4 Å². The molecule has 0 aliphatic heterocycles. The number of halogens is 1. The molecular formula is C29H34ClN3O5S. The lowest BCUT2D eigenvalue weighted by Crippen LogP contribution is -2.52. The Bertz CT molecular complexity index is 1410. The van der Waals surface area contributed by atoms with Gasteiger partial charge in [0.05, 0.1) is 17.7 Å². The summed E-state index contributed by atoms with van der Waals surface area (Å²) in [5.41, 5.74) is 2.02. The molecule has 0 saturated carbocycles. The second-order valence-corrected chi connectivity index (χ2v) is 11.8. The van der Waals surface area contributed by atoms with Crippen LogP contribution in [-0.4, -0.2) is 50.9 Å². The zero-order valence-corrected chi connectivity index (χ0v) is 24.3. The van der Waals surface area contributed by atoms with E-state index in [2.05, 4.69) is 5.32 Å². The third kappa shape index (κ3) is 7.52. The second kappa shape index (κ2) is 13.0. The van der Waals surface area contributed by atoms with E-state index in [9.17, 15) is 18.0 Å². The van der Waals surface area contributed by atoms with Crippen LogP contribution in [-0.2, 0) is 26.2 Å². The Kier molecular flexibility index (Phi) is 9.99. The molecule has 3 aromatic carbocycles. The van der Waals surface area contributed by atoms with Crippen LogP contribution in [0.15, 0.2) is 77.7 Å². The van der Waals surface area contributed by atoms with Gasteiger partial charge in [-0.1, -0.05) is 41.9 Å². The first-order chi connectivity index (χ1) is 18.4. The molecule has 3 aromatic rings. The predicted molar refractivity (Wildman–Crippen MR) is 153 cm³/mol. The molecule has 0 aromatic heterocycles. The minimum absolute atomic E-state index is 0.0212. The van der Waals surface area contributed by atoms with Crippen molar-refractivity contribution < 1.29 is 22.7 Å². The summed E-state index contributed by atoms with van der Waals surface area (Å²) in [4.78, 5) is 28.3. The number of sulfonamides is 1. The molecule has 0 aliphatic rings. The second-order valence-electron chi connectivity index (χ2n) is 9.45. The van der Waals surface area contributed by atoms with Gasteiger partial charge < -0.3 is 15.0 Å². The summed E-state index contributed by atoms with van der Waals surface area (Å²) < 4.78 is 33.9. The first-order valence-electron chi connectivity index (χ1n) is 12.5. The molecule has 39 heavy (non-hydrogen) atoms. The van der Waals surface area contributed by atoms with Gasteiger partial charge in [-0.2, -0.15) is 0 Å². The molecule has 0 saturated heterocycles. The lowest BCUT2D eigenvalue weighted by molar-refractivity contribution is -0.139. The zero-order chi connectivity index (χ0) is 28.7. The highest BCUT2D eigenvalue weighted by Crippen LogP contribution is 2.28. The van der Waals surface area contributed by atoms with Crippen LogP contribution in [0.4, 0.5) is 5.69 Å². The van der Waals surface area contributed by atoms with E-state index in [1.54, 1.807) is 25.1 Å². The molecule has 10 heteroatoms. The highest BCUT2D eigenvalue weighted by molar-refractivity contribution is 7.92. The Morgan fingerprint density at radius 3 is 2.23 bits per heavy atom. The number of carbonyl (C=O) groups is 2. The summed E-state index contributed by atoms with van der Waals surface area (Å²) in [5.74, 6) is -0.380. The number of rotatable bonds is 11. The zero-order valence-electron chi connectivity index (χ0n) is 22.7. The number of amides is 2. The normalized spacial score (nSPS) is 12.1. The van der Waals surface area contributed by atoms with Crippen molar-refractivity contribution in [1.29, 1.82) is 0 Å². The maximum atomic E-state index is 13.9. The molecule has 2 amide bonds. The summed E-state index contributed by atoms with van der Waals surface area (Å²) in [5, 5.41) is 3.16. The van der Waals surface area contributed by atoms with Crippen LogP contribution in [0.25, 0.3) is 0 Å². The molecule has 208 valence electrons. The lowest BCUT2D eigenvalue weighted by Gasteiger charge is -2.32. The van der Waals surface area contributed by atoms with Gasteiger partial charge in [0.1, 0.15) is 18.3 Å². The molecule has 0 fully saturated rings. The van der Waals surface area contributed by atoms with Crippen LogP contribution in [0.1, 0.15) is 31.9 Å². The molecule has 1 atom stereocenters. The van der Waals surface area contributed by atoms with E-state index >= 15 is 0 Å². The maximum Gasteiger partial charge on any atom is 0.264 e. The average Bonchev–Trinajstić information content (AvgIpc) is 2.90. The smallest absolute Gasteiger partial charge is 0.264 e. The Hall–Kier alpha value is -3.56. The SMILES string of the molecule is COc1ccc(S(=O)(=O)N(CC(=O)N(Cc2ccccc2C)C(C)C(=O)NC(C)C)c2cccc(Cl)c2)cc1. The van der Waals surface area contributed by atoms with Crippen molar-refractivity contribution in [3.05, 3.63) is 88.9 Å². The van der Waals surface area contributed by atoms with E-state index in [-0.39, 0.29) is 29.1 Å². The first kappa shape index (κ1) is 30.0. The number of hydrogen-bond donors (Lipinski definition) is 1.